The van der Waals surface area contributed by atoms with Crippen molar-refractivity contribution in [2.45, 2.75) is 19.3 Å². The monoisotopic (exact) mass is 264 g/mol. The fourth-order valence-electron chi connectivity index (χ4n) is 2.35. The Morgan fingerprint density at radius 1 is 1.37 bits per heavy atom. The van der Waals surface area contributed by atoms with Crippen LogP contribution in [0.3, 0.4) is 0 Å². The summed E-state index contributed by atoms with van der Waals surface area (Å²) in [6, 6.07) is 4.78. The highest BCUT2D eigenvalue weighted by molar-refractivity contribution is 5.93. The number of aromatic carboxylic acids is 1. The summed E-state index contributed by atoms with van der Waals surface area (Å²) in [4.78, 5) is 13.5. The molecule has 1 aliphatic heterocycles. The molecule has 5 heteroatoms. The van der Waals surface area contributed by atoms with Crippen LogP contribution in [0.1, 0.15) is 29.6 Å². The minimum atomic E-state index is -1.01. The van der Waals surface area contributed by atoms with Gasteiger partial charge in [0, 0.05) is 6.54 Å². The largest absolute Gasteiger partial charge is 0.490 e. The number of carboxylic acids is 1. The molecule has 1 saturated heterocycles. The molecule has 2 rings (SSSR count). The summed E-state index contributed by atoms with van der Waals surface area (Å²) in [7, 11) is 0. The molecule has 1 aromatic carbocycles. The number of hydrogen-bond donors (Lipinski definition) is 2. The second kappa shape index (κ2) is 6.43. The second-order valence-corrected chi connectivity index (χ2v) is 4.78. The molecule has 0 saturated carbocycles. The predicted octanol–water partition coefficient (Wildman–Crippen LogP) is 1.83. The third-order valence-electron chi connectivity index (χ3n) is 3.34. The van der Waals surface area contributed by atoms with Gasteiger partial charge in [-0.15, -0.1) is 0 Å². The van der Waals surface area contributed by atoms with Gasteiger partial charge in [-0.05, 0) is 44.5 Å². The molecule has 0 amide bonds. The van der Waals surface area contributed by atoms with Crippen molar-refractivity contribution in [3.63, 3.8) is 0 Å². The Morgan fingerprint density at radius 3 is 2.79 bits per heavy atom. The lowest BCUT2D eigenvalue weighted by molar-refractivity contribution is 0.0692. The van der Waals surface area contributed by atoms with Crippen molar-refractivity contribution in [3.05, 3.63) is 23.8 Å². The van der Waals surface area contributed by atoms with E-state index >= 15 is 0 Å². The fraction of sp³-hybridized carbons (Fsp3) is 0.500. The summed E-state index contributed by atoms with van der Waals surface area (Å²) in [5.74, 6) is -0.724. The quantitative estimate of drug-likeness (QED) is 0.605. The van der Waals surface area contributed by atoms with Crippen LogP contribution in [0.4, 0.5) is 5.69 Å². The number of rotatable bonds is 6. The van der Waals surface area contributed by atoms with Crippen LogP contribution in [-0.4, -0.2) is 42.2 Å². The van der Waals surface area contributed by atoms with Crippen LogP contribution in [0.5, 0.6) is 5.75 Å². The van der Waals surface area contributed by atoms with Crippen molar-refractivity contribution in [1.82, 2.24) is 4.90 Å². The maximum atomic E-state index is 11.1. The summed E-state index contributed by atoms with van der Waals surface area (Å²) in [6.07, 6.45) is 3.43. The summed E-state index contributed by atoms with van der Waals surface area (Å²) in [5.41, 5.74) is 6.27. The Bertz CT molecular complexity index is 442. The average Bonchev–Trinajstić information content (AvgIpc) is 2.88. The molecule has 0 unspecified atom stereocenters. The van der Waals surface area contributed by atoms with Crippen molar-refractivity contribution < 1.29 is 14.6 Å². The zero-order valence-electron chi connectivity index (χ0n) is 11.0. The molecule has 1 heterocycles. The number of nitrogens with zero attached hydrogens (tertiary/aromatic N) is 1. The number of carboxylic acid groups (broad SMARTS) is 1. The molecule has 0 radical (unpaired) electrons. The topological polar surface area (TPSA) is 75.8 Å². The van der Waals surface area contributed by atoms with Gasteiger partial charge in [0.25, 0.3) is 0 Å². The van der Waals surface area contributed by atoms with Crippen LogP contribution in [0.25, 0.3) is 0 Å². The first-order valence-corrected chi connectivity index (χ1v) is 6.65. The molecule has 0 atom stereocenters. The van der Waals surface area contributed by atoms with E-state index in [0.29, 0.717) is 12.3 Å². The minimum absolute atomic E-state index is 0.126. The van der Waals surface area contributed by atoms with E-state index in [0.717, 1.165) is 26.1 Å². The zero-order chi connectivity index (χ0) is 13.7. The van der Waals surface area contributed by atoms with Gasteiger partial charge in [0.1, 0.15) is 5.56 Å². The third kappa shape index (κ3) is 3.61. The molecule has 1 aromatic rings. The molecule has 3 N–H and O–H groups in total. The van der Waals surface area contributed by atoms with E-state index in [2.05, 4.69) is 4.90 Å². The molecule has 0 aromatic heterocycles. The first-order valence-electron chi connectivity index (χ1n) is 6.65. The van der Waals surface area contributed by atoms with E-state index in [9.17, 15) is 4.79 Å². The Kier molecular flexibility index (Phi) is 4.63. The second-order valence-electron chi connectivity index (χ2n) is 4.78. The number of ether oxygens (including phenoxy) is 1. The van der Waals surface area contributed by atoms with Crippen molar-refractivity contribution in [2.75, 3.05) is 32.0 Å². The molecular weight excluding hydrogens is 244 g/mol. The van der Waals surface area contributed by atoms with E-state index in [4.69, 9.17) is 15.6 Å². The highest BCUT2D eigenvalue weighted by Crippen LogP contribution is 2.26. The van der Waals surface area contributed by atoms with Gasteiger partial charge in [0.15, 0.2) is 5.75 Å². The molecule has 104 valence electrons. The number of carbonyl (C=O) groups is 1. The first kappa shape index (κ1) is 13.7. The van der Waals surface area contributed by atoms with Crippen molar-refractivity contribution in [3.8, 4) is 5.75 Å². The maximum absolute atomic E-state index is 11.1. The minimum Gasteiger partial charge on any atom is -0.490 e. The highest BCUT2D eigenvalue weighted by Gasteiger charge is 2.14. The summed E-state index contributed by atoms with van der Waals surface area (Å²) in [5, 5.41) is 9.08. The van der Waals surface area contributed by atoms with Crippen molar-refractivity contribution in [2.24, 2.45) is 0 Å². The molecule has 0 bridgehead atoms. The van der Waals surface area contributed by atoms with E-state index in [-0.39, 0.29) is 11.3 Å². The standard InChI is InChI=1S/C14H20N2O3/c15-12-6-3-5-11(14(17)18)13(12)19-10-4-9-16-7-1-2-8-16/h3,5-6H,1-2,4,7-10,15H2,(H,17,18). The Labute approximate surface area is 113 Å². The number of benzene rings is 1. The van der Waals surface area contributed by atoms with E-state index in [1.165, 1.54) is 18.9 Å². The van der Waals surface area contributed by atoms with Gasteiger partial charge in [-0.25, -0.2) is 4.79 Å². The smallest absolute Gasteiger partial charge is 0.339 e. The molecule has 0 spiro atoms. The number of anilines is 1. The van der Waals surface area contributed by atoms with Gasteiger partial charge in [0.05, 0.1) is 12.3 Å². The van der Waals surface area contributed by atoms with E-state index < -0.39 is 5.97 Å². The zero-order valence-corrected chi connectivity index (χ0v) is 11.0. The Balaban J connectivity index is 1.86. The fourth-order valence-corrected chi connectivity index (χ4v) is 2.35. The number of hydrogen-bond acceptors (Lipinski definition) is 4. The van der Waals surface area contributed by atoms with Gasteiger partial charge >= 0.3 is 5.97 Å². The number of para-hydroxylation sites is 1. The lowest BCUT2D eigenvalue weighted by atomic mass is 10.2. The molecule has 19 heavy (non-hydrogen) atoms. The summed E-state index contributed by atoms with van der Waals surface area (Å²) < 4.78 is 5.56. The van der Waals surface area contributed by atoms with Gasteiger partial charge < -0.3 is 20.5 Å². The van der Waals surface area contributed by atoms with Crippen LogP contribution in [0.2, 0.25) is 0 Å². The van der Waals surface area contributed by atoms with Crippen LogP contribution >= 0.6 is 0 Å². The molecule has 0 aliphatic carbocycles. The molecule has 1 aliphatic rings. The van der Waals surface area contributed by atoms with E-state index in [1.807, 2.05) is 0 Å². The van der Waals surface area contributed by atoms with Gasteiger partial charge in [-0.1, -0.05) is 6.07 Å². The Morgan fingerprint density at radius 2 is 2.11 bits per heavy atom. The number of likely N-dealkylation sites (tertiary alicyclic amines) is 1. The van der Waals surface area contributed by atoms with Crippen LogP contribution < -0.4 is 10.5 Å². The molecular formula is C14H20N2O3. The molecule has 1 fully saturated rings. The number of nitrogens with two attached hydrogens (primary N) is 1. The van der Waals surface area contributed by atoms with Gasteiger partial charge in [0.2, 0.25) is 0 Å². The van der Waals surface area contributed by atoms with Crippen molar-refractivity contribution in [1.29, 1.82) is 0 Å². The maximum Gasteiger partial charge on any atom is 0.339 e. The van der Waals surface area contributed by atoms with Gasteiger partial charge in [-0.3, -0.25) is 0 Å². The van der Waals surface area contributed by atoms with E-state index in [1.54, 1.807) is 12.1 Å². The lowest BCUT2D eigenvalue weighted by Gasteiger charge is -2.15. The predicted molar refractivity (Wildman–Crippen MR) is 73.6 cm³/mol. The van der Waals surface area contributed by atoms with Crippen LogP contribution in [0, 0.1) is 0 Å². The summed E-state index contributed by atoms with van der Waals surface area (Å²) >= 11 is 0. The average molecular weight is 264 g/mol. The van der Waals surface area contributed by atoms with Gasteiger partial charge in [-0.2, -0.15) is 0 Å². The normalized spacial score (nSPS) is 15.6. The van der Waals surface area contributed by atoms with Crippen LogP contribution in [0.15, 0.2) is 18.2 Å². The van der Waals surface area contributed by atoms with Crippen molar-refractivity contribution >= 4 is 11.7 Å². The first-order chi connectivity index (χ1) is 9.18. The lowest BCUT2D eigenvalue weighted by Crippen LogP contribution is -2.22. The molecule has 5 nitrogen and oxygen atoms in total. The SMILES string of the molecule is Nc1cccc(C(=O)O)c1OCCCN1CCCC1. The highest BCUT2D eigenvalue weighted by atomic mass is 16.5. The Hall–Kier alpha value is -1.75. The number of nitrogen functional groups attached to an aromatic ring is 1. The third-order valence-corrected chi connectivity index (χ3v) is 3.34. The van der Waals surface area contributed by atoms with Crippen LogP contribution in [-0.2, 0) is 0 Å². The summed E-state index contributed by atoms with van der Waals surface area (Å²) in [6.45, 7) is 3.81.